The third kappa shape index (κ3) is 6.28. The molecule has 0 heterocycles. The molecule has 6 aromatic rings. The van der Waals surface area contributed by atoms with Gasteiger partial charge in [0.1, 0.15) is 0 Å². The summed E-state index contributed by atoms with van der Waals surface area (Å²) in [7, 11) is 0. The van der Waals surface area contributed by atoms with E-state index in [1.807, 2.05) is 0 Å². The van der Waals surface area contributed by atoms with Crippen LogP contribution in [0, 0.1) is 0 Å². The lowest BCUT2D eigenvalue weighted by molar-refractivity contribution is 0.443. The molecule has 2 heteroatoms. The second kappa shape index (κ2) is 16.1. The maximum atomic E-state index is 2.81. The summed E-state index contributed by atoms with van der Waals surface area (Å²) < 4.78 is 0. The largest absolute Gasteiger partial charge is 0.357 e. The van der Waals surface area contributed by atoms with Gasteiger partial charge in [-0.3, -0.25) is 0 Å². The number of rotatable bonds is 8. The summed E-state index contributed by atoms with van der Waals surface area (Å²) in [6.45, 7) is 0. The van der Waals surface area contributed by atoms with Gasteiger partial charge in [0.25, 0.3) is 0 Å². The molecule has 6 aromatic carbocycles. The van der Waals surface area contributed by atoms with Gasteiger partial charge < -0.3 is 9.80 Å². The Kier molecular flexibility index (Phi) is 9.77. The maximum Gasteiger partial charge on any atom is 0.0727 e. The summed E-state index contributed by atoms with van der Waals surface area (Å²) in [6.07, 6.45) is 34.7. The topological polar surface area (TPSA) is 6.48 Å². The second-order valence-corrected chi connectivity index (χ2v) is 18.7. The Hall–Kier alpha value is -6.38. The number of hydrogen-bond acceptors (Lipinski definition) is 2. The molecule has 0 N–H and O–H groups in total. The third-order valence-electron chi connectivity index (χ3n) is 15.4. The van der Waals surface area contributed by atoms with Gasteiger partial charge in [-0.15, -0.1) is 0 Å². The highest BCUT2D eigenvalue weighted by atomic mass is 15.2. The molecule has 0 radical (unpaired) electrons. The molecule has 0 aromatic heterocycles. The van der Waals surface area contributed by atoms with Crippen LogP contribution in [0.1, 0.15) is 103 Å². The summed E-state index contributed by atoms with van der Waals surface area (Å²) in [4.78, 5) is 5.42. The van der Waals surface area contributed by atoms with Gasteiger partial charge >= 0.3 is 0 Å². The van der Waals surface area contributed by atoms with Crippen LogP contribution >= 0.6 is 0 Å². The number of hydrogen-bond donors (Lipinski definition) is 0. The Labute approximate surface area is 374 Å². The van der Waals surface area contributed by atoms with Crippen molar-refractivity contribution in [3.05, 3.63) is 234 Å². The Morgan fingerprint density at radius 1 is 0.460 bits per heavy atom. The number of nitrogens with zero attached hydrogens (tertiary/aromatic N) is 2. The van der Waals surface area contributed by atoms with Crippen molar-refractivity contribution in [3.63, 3.8) is 0 Å². The highest BCUT2D eigenvalue weighted by molar-refractivity contribution is 5.99. The van der Waals surface area contributed by atoms with E-state index in [4.69, 9.17) is 0 Å². The zero-order valence-electron chi connectivity index (χ0n) is 36.2. The Bertz CT molecular complexity index is 2810. The van der Waals surface area contributed by atoms with E-state index < -0.39 is 5.41 Å². The molecule has 5 atom stereocenters. The molecule has 0 saturated heterocycles. The molecular formula is C61H56N2. The first-order valence-corrected chi connectivity index (χ1v) is 23.8. The van der Waals surface area contributed by atoms with Crippen LogP contribution in [0.5, 0.6) is 0 Å². The van der Waals surface area contributed by atoms with Crippen molar-refractivity contribution in [2.75, 3.05) is 9.80 Å². The normalized spacial score (nSPS) is 23.9. The van der Waals surface area contributed by atoms with Crippen LogP contribution in [0.4, 0.5) is 17.1 Å². The van der Waals surface area contributed by atoms with Crippen LogP contribution in [0.15, 0.2) is 200 Å². The molecular weight excluding hydrogens is 761 g/mol. The van der Waals surface area contributed by atoms with Crippen molar-refractivity contribution in [1.29, 1.82) is 0 Å². The van der Waals surface area contributed by atoms with Crippen LogP contribution in [0.2, 0.25) is 0 Å². The number of fused-ring (bicyclic) bond motifs is 10. The quantitative estimate of drug-likeness (QED) is 0.141. The fourth-order valence-corrected chi connectivity index (χ4v) is 12.6. The van der Waals surface area contributed by atoms with E-state index in [9.17, 15) is 0 Å². The lowest BCUT2D eigenvalue weighted by Gasteiger charge is -2.43. The fraction of sp³-hybridized carbons (Fsp3) is 0.246. The van der Waals surface area contributed by atoms with Gasteiger partial charge in [-0.25, -0.2) is 0 Å². The van der Waals surface area contributed by atoms with Crippen molar-refractivity contribution in [2.24, 2.45) is 0 Å². The zero-order valence-corrected chi connectivity index (χ0v) is 36.2. The average molecular weight is 817 g/mol. The van der Waals surface area contributed by atoms with E-state index in [2.05, 4.69) is 210 Å². The van der Waals surface area contributed by atoms with Crippen LogP contribution in [0.25, 0.3) is 22.3 Å². The molecule has 1 spiro atoms. The lowest BCUT2D eigenvalue weighted by Crippen LogP contribution is -2.46. The van der Waals surface area contributed by atoms with E-state index in [1.54, 1.807) is 0 Å². The summed E-state index contributed by atoms with van der Waals surface area (Å²) >= 11 is 0. The lowest BCUT2D eigenvalue weighted by atomic mass is 9.70. The average Bonchev–Trinajstić information content (AvgIpc) is 3.83. The third-order valence-corrected chi connectivity index (χ3v) is 15.4. The van der Waals surface area contributed by atoms with E-state index in [-0.39, 0.29) is 24.0 Å². The zero-order chi connectivity index (χ0) is 41.7. The first-order valence-electron chi connectivity index (χ1n) is 23.8. The van der Waals surface area contributed by atoms with Gasteiger partial charge in [-0.2, -0.15) is 0 Å². The summed E-state index contributed by atoms with van der Waals surface area (Å²) in [5.74, 6) is 0.916. The van der Waals surface area contributed by atoms with Crippen LogP contribution < -0.4 is 9.80 Å². The van der Waals surface area contributed by atoms with Gasteiger partial charge in [0, 0.05) is 34.6 Å². The standard InChI is InChI=1S/C61H56N2/c1-5-20-43(21-6-1)44-36-38-48(39-37-44)62(46-24-9-3-10-25-46)49-40-41-52-51-29-13-16-31-54(51)61(57(52)42-49)55-32-17-14-30-53(55)60-56(61)33-19-35-59(60)63(47-26-11-4-12-27-47)58-34-18-15-28-50(58)45-22-7-2-8-23-45/h2-3,7-11,13-19,22-24,26,28-43,46-47,50,58H,1,4-6,12,20-21,25,27H2. The van der Waals surface area contributed by atoms with Gasteiger partial charge in [-0.1, -0.05) is 189 Å². The van der Waals surface area contributed by atoms with Crippen molar-refractivity contribution in [1.82, 2.24) is 0 Å². The highest BCUT2D eigenvalue weighted by Gasteiger charge is 2.53. The minimum absolute atomic E-state index is 0.158. The van der Waals surface area contributed by atoms with E-state index >= 15 is 0 Å². The minimum atomic E-state index is -0.474. The van der Waals surface area contributed by atoms with Gasteiger partial charge in [-0.05, 0) is 125 Å². The predicted octanol–water partition coefficient (Wildman–Crippen LogP) is 15.3. The van der Waals surface area contributed by atoms with Gasteiger partial charge in [0.2, 0.25) is 0 Å². The highest BCUT2D eigenvalue weighted by Crippen LogP contribution is 2.65. The molecule has 5 unspecified atom stereocenters. The van der Waals surface area contributed by atoms with Crippen molar-refractivity contribution in [2.45, 2.75) is 93.2 Å². The SMILES string of the molecule is C1=CCC(N(c2ccc(C3CCCCC3)cc2)c2ccc3c(c2)C2(c4ccccc4-3)c3ccccc3-c3c(N(C4C=CCCC4)C4C=CC=CC4c4ccccc4)cccc32)C=C1. The molecule has 1 fully saturated rings. The molecule has 6 aliphatic rings. The van der Waals surface area contributed by atoms with Crippen LogP contribution in [0.3, 0.4) is 0 Å². The van der Waals surface area contributed by atoms with Gasteiger partial charge in [0.05, 0.1) is 17.5 Å². The number of benzene rings is 6. The Morgan fingerprint density at radius 3 is 1.97 bits per heavy atom. The first kappa shape index (κ1) is 38.3. The van der Waals surface area contributed by atoms with Gasteiger partial charge in [0.15, 0.2) is 0 Å². The monoisotopic (exact) mass is 816 g/mol. The first-order chi connectivity index (χ1) is 31.3. The summed E-state index contributed by atoms with van der Waals surface area (Å²) in [5.41, 5.74) is 17.2. The molecule has 12 rings (SSSR count). The Morgan fingerprint density at radius 2 is 1.17 bits per heavy atom. The molecule has 6 aliphatic carbocycles. The van der Waals surface area contributed by atoms with E-state index in [1.165, 1.54) is 111 Å². The Balaban J connectivity index is 1.06. The number of anilines is 3. The molecule has 0 aliphatic heterocycles. The number of allylic oxidation sites excluding steroid dienone is 5. The predicted molar refractivity (Wildman–Crippen MR) is 264 cm³/mol. The summed E-state index contributed by atoms with van der Waals surface area (Å²) in [6, 6.07) is 54.9. The molecule has 63 heavy (non-hydrogen) atoms. The smallest absolute Gasteiger partial charge is 0.0727 e. The molecule has 1 saturated carbocycles. The van der Waals surface area contributed by atoms with Crippen molar-refractivity contribution >= 4 is 17.1 Å². The fourth-order valence-electron chi connectivity index (χ4n) is 12.6. The van der Waals surface area contributed by atoms with Crippen LogP contribution in [-0.2, 0) is 5.41 Å². The molecule has 0 bridgehead atoms. The molecule has 310 valence electrons. The minimum Gasteiger partial charge on any atom is -0.357 e. The van der Waals surface area contributed by atoms with Crippen molar-refractivity contribution < 1.29 is 0 Å². The summed E-state index contributed by atoms with van der Waals surface area (Å²) in [5, 5.41) is 0. The molecule has 0 amide bonds. The van der Waals surface area contributed by atoms with Crippen molar-refractivity contribution in [3.8, 4) is 22.3 Å². The molecule has 2 nitrogen and oxygen atoms in total. The van der Waals surface area contributed by atoms with E-state index in [0.717, 1.165) is 19.3 Å². The van der Waals surface area contributed by atoms with E-state index in [0.29, 0.717) is 5.92 Å². The maximum absolute atomic E-state index is 2.81. The van der Waals surface area contributed by atoms with Crippen LogP contribution in [-0.4, -0.2) is 18.1 Å². The second-order valence-electron chi connectivity index (χ2n) is 18.7.